The maximum Gasteiger partial charge on any atom is 0.0869 e. The minimum absolute atomic E-state index is 0.0473. The van der Waals surface area contributed by atoms with E-state index in [2.05, 4.69) is 25.2 Å². The number of allylic oxidation sites excluding steroid dienone is 1. The van der Waals surface area contributed by atoms with Crippen molar-refractivity contribution < 1.29 is 4.74 Å². The van der Waals surface area contributed by atoms with Gasteiger partial charge in [0.05, 0.1) is 11.6 Å². The molecular weight excluding hydrogens is 234 g/mol. The number of methoxy groups -OCH3 is 1. The van der Waals surface area contributed by atoms with Crippen molar-refractivity contribution in [3.63, 3.8) is 0 Å². The van der Waals surface area contributed by atoms with Crippen molar-refractivity contribution in [2.24, 2.45) is 5.92 Å². The normalized spacial score (nSPS) is 33.8. The highest BCUT2D eigenvalue weighted by molar-refractivity contribution is 5.20. The number of ether oxygens (including phenoxy) is 1. The van der Waals surface area contributed by atoms with Gasteiger partial charge < -0.3 is 10.1 Å². The van der Waals surface area contributed by atoms with Crippen LogP contribution in [0.5, 0.6) is 0 Å². The maximum absolute atomic E-state index is 6.09. The third kappa shape index (κ3) is 3.41. The average molecular weight is 265 g/mol. The van der Waals surface area contributed by atoms with Gasteiger partial charge in [0, 0.05) is 7.11 Å². The van der Waals surface area contributed by atoms with Crippen LogP contribution in [0.4, 0.5) is 0 Å². The van der Waals surface area contributed by atoms with Crippen LogP contribution < -0.4 is 5.32 Å². The summed E-state index contributed by atoms with van der Waals surface area (Å²) in [5.41, 5.74) is 1.66. The van der Waals surface area contributed by atoms with Gasteiger partial charge in [0.2, 0.25) is 0 Å². The summed E-state index contributed by atoms with van der Waals surface area (Å²) >= 11 is 0. The van der Waals surface area contributed by atoms with Gasteiger partial charge in [-0.1, -0.05) is 25.5 Å². The fraction of sp³-hybridized carbons (Fsp3) is 0.882. The predicted molar refractivity (Wildman–Crippen MR) is 81.4 cm³/mol. The van der Waals surface area contributed by atoms with Crippen molar-refractivity contribution in [2.45, 2.75) is 76.9 Å². The molecule has 1 fully saturated rings. The first-order chi connectivity index (χ1) is 9.22. The summed E-state index contributed by atoms with van der Waals surface area (Å²) in [4.78, 5) is 0. The summed E-state index contributed by atoms with van der Waals surface area (Å²) in [6.45, 7) is 5.62. The topological polar surface area (TPSA) is 21.3 Å². The lowest BCUT2D eigenvalue weighted by molar-refractivity contribution is -0.0667. The van der Waals surface area contributed by atoms with Crippen molar-refractivity contribution in [1.29, 1.82) is 0 Å². The third-order valence-electron chi connectivity index (χ3n) is 5.16. The minimum Gasteiger partial charge on any atom is -0.376 e. The first kappa shape index (κ1) is 15.1. The molecule has 0 heterocycles. The molecule has 2 rings (SSSR count). The van der Waals surface area contributed by atoms with Gasteiger partial charge in [-0.05, 0) is 63.8 Å². The van der Waals surface area contributed by atoms with E-state index in [-0.39, 0.29) is 5.60 Å². The van der Waals surface area contributed by atoms with Crippen molar-refractivity contribution in [2.75, 3.05) is 13.7 Å². The largest absolute Gasteiger partial charge is 0.376 e. The van der Waals surface area contributed by atoms with Crippen molar-refractivity contribution >= 4 is 0 Å². The van der Waals surface area contributed by atoms with E-state index in [9.17, 15) is 0 Å². The Kier molecular flexibility index (Phi) is 5.47. The monoisotopic (exact) mass is 265 g/mol. The first-order valence-electron chi connectivity index (χ1n) is 8.19. The summed E-state index contributed by atoms with van der Waals surface area (Å²) in [5.74, 6) is 0.867. The zero-order valence-corrected chi connectivity index (χ0v) is 13.0. The molecule has 0 aromatic rings. The van der Waals surface area contributed by atoms with Gasteiger partial charge in [0.25, 0.3) is 0 Å². The predicted octanol–water partition coefficient (Wildman–Crippen LogP) is 4.06. The Bertz CT molecular complexity index is 302. The highest BCUT2D eigenvalue weighted by atomic mass is 16.5. The summed E-state index contributed by atoms with van der Waals surface area (Å²) in [6, 6.07) is 0.440. The van der Waals surface area contributed by atoms with E-state index in [1.807, 2.05) is 7.11 Å². The Labute approximate surface area is 119 Å². The van der Waals surface area contributed by atoms with Crippen LogP contribution in [0.15, 0.2) is 11.6 Å². The fourth-order valence-corrected chi connectivity index (χ4v) is 3.85. The Morgan fingerprint density at radius 1 is 1.37 bits per heavy atom. The van der Waals surface area contributed by atoms with E-state index >= 15 is 0 Å². The lowest BCUT2D eigenvalue weighted by atomic mass is 9.72. The highest BCUT2D eigenvalue weighted by Gasteiger charge is 2.42. The standard InChI is InChI=1S/C17H31NO/c1-4-18-16(15-8-6-5-7-9-15)17(19-3)12-10-14(2)11-13-17/h8,14,16,18H,4-7,9-13H2,1-3H3. The van der Waals surface area contributed by atoms with Gasteiger partial charge in [-0.3, -0.25) is 0 Å². The number of hydrogen-bond donors (Lipinski definition) is 1. The zero-order valence-electron chi connectivity index (χ0n) is 13.0. The molecule has 2 nitrogen and oxygen atoms in total. The lowest BCUT2D eigenvalue weighted by Gasteiger charge is -2.46. The molecule has 110 valence electrons. The number of rotatable bonds is 5. The molecule has 0 bridgehead atoms. The zero-order chi connectivity index (χ0) is 13.7. The van der Waals surface area contributed by atoms with Crippen molar-refractivity contribution in [3.05, 3.63) is 11.6 Å². The van der Waals surface area contributed by atoms with Gasteiger partial charge in [0.15, 0.2) is 0 Å². The molecule has 0 amide bonds. The van der Waals surface area contributed by atoms with Gasteiger partial charge in [0.1, 0.15) is 0 Å². The molecule has 1 unspecified atom stereocenters. The van der Waals surface area contributed by atoms with Crippen LogP contribution in [-0.2, 0) is 4.74 Å². The van der Waals surface area contributed by atoms with E-state index in [0.717, 1.165) is 12.5 Å². The fourth-order valence-electron chi connectivity index (χ4n) is 3.85. The van der Waals surface area contributed by atoms with Crippen molar-refractivity contribution in [1.82, 2.24) is 5.32 Å². The van der Waals surface area contributed by atoms with E-state index in [1.165, 1.54) is 51.4 Å². The molecule has 0 aromatic heterocycles. The Balaban J connectivity index is 2.17. The van der Waals surface area contributed by atoms with E-state index < -0.39 is 0 Å². The quantitative estimate of drug-likeness (QED) is 0.757. The Hall–Kier alpha value is -0.340. The van der Waals surface area contributed by atoms with Gasteiger partial charge >= 0.3 is 0 Å². The molecule has 0 aliphatic heterocycles. The summed E-state index contributed by atoms with van der Waals surface area (Å²) in [6.07, 6.45) is 12.7. The van der Waals surface area contributed by atoms with Crippen LogP contribution in [0, 0.1) is 5.92 Å². The molecule has 0 aromatic carbocycles. The molecule has 19 heavy (non-hydrogen) atoms. The molecule has 0 spiro atoms. The lowest BCUT2D eigenvalue weighted by Crippen LogP contribution is -2.55. The van der Waals surface area contributed by atoms with Gasteiger partial charge in [-0.2, -0.15) is 0 Å². The van der Waals surface area contributed by atoms with Crippen LogP contribution >= 0.6 is 0 Å². The van der Waals surface area contributed by atoms with Crippen molar-refractivity contribution in [3.8, 4) is 0 Å². The number of nitrogens with one attached hydrogen (secondary N) is 1. The highest BCUT2D eigenvalue weighted by Crippen LogP contribution is 2.40. The molecule has 0 radical (unpaired) electrons. The molecule has 2 aliphatic rings. The van der Waals surface area contributed by atoms with E-state index in [1.54, 1.807) is 5.57 Å². The van der Waals surface area contributed by atoms with E-state index in [4.69, 9.17) is 4.74 Å². The SMILES string of the molecule is CCNC(C1=CCCCC1)C1(OC)CCC(C)CC1. The van der Waals surface area contributed by atoms with Crippen LogP contribution in [0.2, 0.25) is 0 Å². The van der Waals surface area contributed by atoms with Gasteiger partial charge in [-0.15, -0.1) is 0 Å². The van der Waals surface area contributed by atoms with E-state index in [0.29, 0.717) is 6.04 Å². The summed E-state index contributed by atoms with van der Waals surface area (Å²) < 4.78 is 6.09. The smallest absolute Gasteiger partial charge is 0.0869 e. The summed E-state index contributed by atoms with van der Waals surface area (Å²) in [5, 5.41) is 3.74. The van der Waals surface area contributed by atoms with Gasteiger partial charge in [-0.25, -0.2) is 0 Å². The van der Waals surface area contributed by atoms with Crippen LogP contribution in [0.1, 0.15) is 65.2 Å². The molecule has 2 aliphatic carbocycles. The molecule has 1 saturated carbocycles. The molecular formula is C17H31NO. The van der Waals surface area contributed by atoms with Crippen LogP contribution in [-0.4, -0.2) is 25.3 Å². The second-order valence-electron chi connectivity index (χ2n) is 6.47. The second-order valence-corrected chi connectivity index (χ2v) is 6.47. The van der Waals surface area contributed by atoms with Crippen LogP contribution in [0.3, 0.4) is 0 Å². The average Bonchev–Trinajstić information content (AvgIpc) is 2.47. The second kappa shape index (κ2) is 6.90. The molecule has 2 heteroatoms. The van der Waals surface area contributed by atoms with Crippen LogP contribution in [0.25, 0.3) is 0 Å². The molecule has 0 saturated heterocycles. The molecule has 1 N–H and O–H groups in total. The maximum atomic E-state index is 6.09. The minimum atomic E-state index is 0.0473. The summed E-state index contributed by atoms with van der Waals surface area (Å²) in [7, 11) is 1.92. The number of hydrogen-bond acceptors (Lipinski definition) is 2. The number of likely N-dealkylation sites (N-methyl/N-ethyl adjacent to an activating group) is 1. The molecule has 1 atom stereocenters. The first-order valence-corrected chi connectivity index (χ1v) is 8.19. The Morgan fingerprint density at radius 2 is 2.11 bits per heavy atom. The Morgan fingerprint density at radius 3 is 2.63 bits per heavy atom. The third-order valence-corrected chi connectivity index (χ3v) is 5.16.